The Bertz CT molecular complexity index is 289. The Hall–Kier alpha value is -0.450. The van der Waals surface area contributed by atoms with Gasteiger partial charge in [0.1, 0.15) is 0 Å². The maximum absolute atomic E-state index is 5.36. The summed E-state index contributed by atoms with van der Waals surface area (Å²) in [7, 11) is 1.81. The molecule has 1 aliphatic carbocycles. The van der Waals surface area contributed by atoms with Crippen LogP contribution in [0.1, 0.15) is 37.1 Å². The van der Waals surface area contributed by atoms with Crippen molar-refractivity contribution >= 4 is 11.3 Å². The fourth-order valence-corrected chi connectivity index (χ4v) is 2.82. The molecule has 4 heteroatoms. The Morgan fingerprint density at radius 2 is 2.47 bits per heavy atom. The van der Waals surface area contributed by atoms with Crippen molar-refractivity contribution in [2.24, 2.45) is 0 Å². The Kier molecular flexibility index (Phi) is 3.72. The monoisotopic (exact) mass is 226 g/mol. The number of thiazole rings is 1. The van der Waals surface area contributed by atoms with E-state index in [2.05, 4.69) is 17.2 Å². The number of ether oxygens (including phenoxy) is 1. The van der Waals surface area contributed by atoms with Gasteiger partial charge in [-0.2, -0.15) is 0 Å². The predicted octanol–water partition coefficient (Wildman–Crippen LogP) is 2.36. The van der Waals surface area contributed by atoms with E-state index in [0.717, 1.165) is 6.42 Å². The van der Waals surface area contributed by atoms with Crippen molar-refractivity contribution in [1.29, 1.82) is 0 Å². The van der Waals surface area contributed by atoms with Crippen molar-refractivity contribution in [2.45, 2.75) is 44.4 Å². The molecule has 0 aliphatic heterocycles. The van der Waals surface area contributed by atoms with E-state index in [1.54, 1.807) is 18.4 Å². The zero-order chi connectivity index (χ0) is 10.7. The molecule has 3 atom stereocenters. The summed E-state index contributed by atoms with van der Waals surface area (Å²) in [6, 6.07) is 1.02. The molecule has 3 unspecified atom stereocenters. The van der Waals surface area contributed by atoms with E-state index in [4.69, 9.17) is 4.74 Å². The number of aromatic nitrogens is 1. The number of nitrogens with zero attached hydrogens (tertiary/aromatic N) is 1. The number of methoxy groups -OCH3 is 1. The fourth-order valence-electron chi connectivity index (χ4n) is 2.18. The van der Waals surface area contributed by atoms with E-state index in [0.29, 0.717) is 18.2 Å². The van der Waals surface area contributed by atoms with E-state index >= 15 is 0 Å². The molecule has 0 bridgehead atoms. The minimum absolute atomic E-state index is 0.415. The number of hydrogen-bond acceptors (Lipinski definition) is 4. The summed E-state index contributed by atoms with van der Waals surface area (Å²) < 4.78 is 5.36. The molecule has 1 aromatic heterocycles. The third-order valence-electron chi connectivity index (χ3n) is 3.08. The van der Waals surface area contributed by atoms with Crippen LogP contribution in [-0.4, -0.2) is 24.2 Å². The fraction of sp³-hybridized carbons (Fsp3) is 0.727. The lowest BCUT2D eigenvalue weighted by Crippen LogP contribution is -2.29. The molecular formula is C11H18N2OS. The van der Waals surface area contributed by atoms with Crippen LogP contribution in [0.15, 0.2) is 11.7 Å². The first kappa shape index (κ1) is 11.0. The van der Waals surface area contributed by atoms with E-state index in [1.807, 2.05) is 11.7 Å². The smallest absolute Gasteiger partial charge is 0.0794 e. The molecule has 0 spiro atoms. The Labute approximate surface area is 94.9 Å². The molecule has 3 nitrogen and oxygen atoms in total. The summed E-state index contributed by atoms with van der Waals surface area (Å²) in [5.74, 6) is 0. The first-order valence-corrected chi connectivity index (χ1v) is 6.34. The average molecular weight is 226 g/mol. The van der Waals surface area contributed by atoms with Crippen molar-refractivity contribution < 1.29 is 4.74 Å². The first-order valence-electron chi connectivity index (χ1n) is 5.47. The molecule has 1 fully saturated rings. The highest BCUT2D eigenvalue weighted by Crippen LogP contribution is 2.25. The number of nitrogens with one attached hydrogen (secondary N) is 1. The molecule has 84 valence electrons. The highest BCUT2D eigenvalue weighted by atomic mass is 32.1. The molecule has 0 aromatic carbocycles. The number of hydrogen-bond donors (Lipinski definition) is 1. The zero-order valence-corrected chi connectivity index (χ0v) is 10.1. The van der Waals surface area contributed by atoms with Crippen LogP contribution in [-0.2, 0) is 4.74 Å². The van der Waals surface area contributed by atoms with Gasteiger partial charge in [0.05, 0.1) is 11.6 Å². The van der Waals surface area contributed by atoms with Crippen molar-refractivity contribution in [3.63, 3.8) is 0 Å². The van der Waals surface area contributed by atoms with Crippen LogP contribution in [0, 0.1) is 0 Å². The second kappa shape index (κ2) is 5.05. The second-order valence-electron chi connectivity index (χ2n) is 4.16. The van der Waals surface area contributed by atoms with Gasteiger partial charge >= 0.3 is 0 Å². The van der Waals surface area contributed by atoms with E-state index in [-0.39, 0.29) is 0 Å². The Morgan fingerprint density at radius 1 is 1.60 bits per heavy atom. The van der Waals surface area contributed by atoms with Crippen molar-refractivity contribution in [3.8, 4) is 0 Å². The van der Waals surface area contributed by atoms with Gasteiger partial charge in [0.25, 0.3) is 0 Å². The third-order valence-corrected chi connectivity index (χ3v) is 4.04. The highest BCUT2D eigenvalue weighted by Gasteiger charge is 2.25. The van der Waals surface area contributed by atoms with Gasteiger partial charge in [-0.1, -0.05) is 0 Å². The molecule has 1 saturated carbocycles. The highest BCUT2D eigenvalue weighted by molar-refractivity contribution is 7.09. The standard InChI is InChI=1S/C11H18N2OS/c1-8(11-6-12-7-15-11)13-9-3-4-10(5-9)14-2/h6-10,13H,3-5H2,1-2H3. The predicted molar refractivity (Wildman–Crippen MR) is 62.1 cm³/mol. The van der Waals surface area contributed by atoms with E-state index in [1.165, 1.54) is 17.7 Å². The summed E-state index contributed by atoms with van der Waals surface area (Å²) in [5, 5.41) is 3.64. The van der Waals surface area contributed by atoms with Crippen LogP contribution in [0.3, 0.4) is 0 Å². The molecule has 0 saturated heterocycles. The van der Waals surface area contributed by atoms with Gasteiger partial charge in [0.2, 0.25) is 0 Å². The topological polar surface area (TPSA) is 34.1 Å². The van der Waals surface area contributed by atoms with Gasteiger partial charge < -0.3 is 10.1 Å². The second-order valence-corrected chi connectivity index (χ2v) is 5.08. The van der Waals surface area contributed by atoms with Crippen LogP contribution >= 0.6 is 11.3 Å². The van der Waals surface area contributed by atoms with Gasteiger partial charge in [0.15, 0.2) is 0 Å². The molecule has 0 amide bonds. The molecule has 15 heavy (non-hydrogen) atoms. The lowest BCUT2D eigenvalue weighted by atomic mass is 10.2. The summed E-state index contributed by atoms with van der Waals surface area (Å²) in [6.45, 7) is 2.20. The van der Waals surface area contributed by atoms with Gasteiger partial charge in [-0.15, -0.1) is 11.3 Å². The molecule has 1 aromatic rings. The largest absolute Gasteiger partial charge is 0.381 e. The van der Waals surface area contributed by atoms with Gasteiger partial charge in [-0.25, -0.2) is 0 Å². The minimum atomic E-state index is 0.415. The maximum Gasteiger partial charge on any atom is 0.0794 e. The molecule has 1 heterocycles. The molecule has 1 aliphatic rings. The molecule has 2 rings (SSSR count). The van der Waals surface area contributed by atoms with E-state index in [9.17, 15) is 0 Å². The number of rotatable bonds is 4. The Morgan fingerprint density at radius 3 is 3.07 bits per heavy atom. The van der Waals surface area contributed by atoms with Crippen LogP contribution in [0.4, 0.5) is 0 Å². The first-order chi connectivity index (χ1) is 7.29. The molecular weight excluding hydrogens is 208 g/mol. The average Bonchev–Trinajstić information content (AvgIpc) is 2.87. The van der Waals surface area contributed by atoms with Gasteiger partial charge in [-0.3, -0.25) is 4.98 Å². The van der Waals surface area contributed by atoms with Gasteiger partial charge in [0, 0.05) is 30.3 Å². The quantitative estimate of drug-likeness (QED) is 0.856. The van der Waals surface area contributed by atoms with Crippen molar-refractivity contribution in [2.75, 3.05) is 7.11 Å². The van der Waals surface area contributed by atoms with Crippen molar-refractivity contribution in [1.82, 2.24) is 10.3 Å². The Balaban J connectivity index is 1.83. The van der Waals surface area contributed by atoms with Crippen LogP contribution in [0.25, 0.3) is 0 Å². The van der Waals surface area contributed by atoms with Crippen LogP contribution in [0.2, 0.25) is 0 Å². The van der Waals surface area contributed by atoms with Crippen LogP contribution in [0.5, 0.6) is 0 Å². The third kappa shape index (κ3) is 2.77. The normalized spacial score (nSPS) is 28.1. The summed E-state index contributed by atoms with van der Waals surface area (Å²) in [4.78, 5) is 5.42. The van der Waals surface area contributed by atoms with Crippen molar-refractivity contribution in [3.05, 3.63) is 16.6 Å². The summed E-state index contributed by atoms with van der Waals surface area (Å²) in [5.41, 5.74) is 1.89. The summed E-state index contributed by atoms with van der Waals surface area (Å²) >= 11 is 1.72. The minimum Gasteiger partial charge on any atom is -0.381 e. The lowest BCUT2D eigenvalue weighted by molar-refractivity contribution is 0.106. The molecule has 1 N–H and O–H groups in total. The lowest BCUT2D eigenvalue weighted by Gasteiger charge is -2.18. The zero-order valence-electron chi connectivity index (χ0n) is 9.27. The SMILES string of the molecule is COC1CCC(NC(C)c2cncs2)C1. The molecule has 0 radical (unpaired) electrons. The van der Waals surface area contributed by atoms with E-state index < -0.39 is 0 Å². The summed E-state index contributed by atoms with van der Waals surface area (Å²) in [6.07, 6.45) is 5.95. The van der Waals surface area contributed by atoms with Gasteiger partial charge in [-0.05, 0) is 26.2 Å². The maximum atomic E-state index is 5.36. The van der Waals surface area contributed by atoms with Crippen LogP contribution < -0.4 is 5.32 Å².